The largest absolute Gasteiger partial charge is 0.378 e. The van der Waals surface area contributed by atoms with Crippen LogP contribution in [0.5, 0.6) is 0 Å². The van der Waals surface area contributed by atoms with Crippen LogP contribution in [-0.4, -0.2) is 19.9 Å². The van der Waals surface area contributed by atoms with Crippen molar-refractivity contribution in [3.05, 3.63) is 52.9 Å². The molecule has 1 N–H and O–H groups in total. The Bertz CT molecular complexity index is 735. The zero-order chi connectivity index (χ0) is 16.6. The van der Waals surface area contributed by atoms with E-state index in [-0.39, 0.29) is 17.6 Å². The van der Waals surface area contributed by atoms with Gasteiger partial charge in [-0.05, 0) is 31.0 Å². The summed E-state index contributed by atoms with van der Waals surface area (Å²) in [6.07, 6.45) is 3.43. The molecule has 4 heteroatoms. The molecule has 0 amide bonds. The van der Waals surface area contributed by atoms with Gasteiger partial charge >= 0.3 is 0 Å². The average Bonchev–Trinajstić information content (AvgIpc) is 2.54. The van der Waals surface area contributed by atoms with Crippen molar-refractivity contribution in [2.75, 3.05) is 19.0 Å². The molecule has 1 heterocycles. The summed E-state index contributed by atoms with van der Waals surface area (Å²) in [6.45, 7) is 1.91. The molecule has 118 valence electrons. The Morgan fingerprint density at radius 2 is 1.91 bits per heavy atom. The number of anilines is 1. The lowest BCUT2D eigenvalue weighted by atomic mass is 9.71. The highest BCUT2D eigenvalue weighted by Crippen LogP contribution is 2.43. The number of hydrogen-bond donors (Lipinski definition) is 1. The fraction of sp³-hybridized carbons (Fsp3) is 0.368. The minimum atomic E-state index is -0.257. The quantitative estimate of drug-likeness (QED) is 0.912. The van der Waals surface area contributed by atoms with Gasteiger partial charge in [0, 0.05) is 43.5 Å². The third kappa shape index (κ3) is 2.63. The molecule has 0 saturated carbocycles. The van der Waals surface area contributed by atoms with E-state index in [1.54, 1.807) is 0 Å². The van der Waals surface area contributed by atoms with Crippen LogP contribution in [-0.2, 0) is 4.79 Å². The van der Waals surface area contributed by atoms with Crippen molar-refractivity contribution in [1.29, 1.82) is 5.26 Å². The van der Waals surface area contributed by atoms with E-state index in [0.29, 0.717) is 12.0 Å². The van der Waals surface area contributed by atoms with Gasteiger partial charge in [0.05, 0.1) is 17.6 Å². The Balaban J connectivity index is 2.10. The number of carbonyl (C=O) groups excluding carboxylic acids is 1. The van der Waals surface area contributed by atoms with E-state index in [9.17, 15) is 10.1 Å². The van der Waals surface area contributed by atoms with Gasteiger partial charge in [-0.3, -0.25) is 4.79 Å². The second-order valence-electron chi connectivity index (χ2n) is 6.38. The van der Waals surface area contributed by atoms with Gasteiger partial charge in [-0.25, -0.2) is 0 Å². The van der Waals surface area contributed by atoms with Crippen molar-refractivity contribution in [2.24, 2.45) is 5.92 Å². The number of fused-ring (bicyclic) bond motifs is 1. The maximum atomic E-state index is 12.5. The lowest BCUT2D eigenvalue weighted by Gasteiger charge is -2.36. The van der Waals surface area contributed by atoms with Gasteiger partial charge in [-0.15, -0.1) is 0 Å². The second-order valence-corrected chi connectivity index (χ2v) is 6.38. The van der Waals surface area contributed by atoms with Crippen LogP contribution in [0.4, 0.5) is 5.69 Å². The van der Waals surface area contributed by atoms with E-state index < -0.39 is 0 Å². The van der Waals surface area contributed by atoms with Crippen LogP contribution < -0.4 is 10.2 Å². The van der Waals surface area contributed by atoms with E-state index in [1.807, 2.05) is 50.2 Å². The standard InChI is InChI=1S/C19H21N3O/c1-12-15(11-20)18(13-7-9-14(10-8-13)22(2)3)19-16(21-12)5-4-6-17(19)23/h5,7-10,18-19,21H,4,6H2,1-3H3. The summed E-state index contributed by atoms with van der Waals surface area (Å²) in [4.78, 5) is 14.6. The first kappa shape index (κ1) is 15.4. The van der Waals surface area contributed by atoms with Crippen LogP contribution in [0, 0.1) is 17.2 Å². The van der Waals surface area contributed by atoms with Gasteiger partial charge in [0.2, 0.25) is 0 Å². The summed E-state index contributed by atoms with van der Waals surface area (Å²) >= 11 is 0. The van der Waals surface area contributed by atoms with E-state index >= 15 is 0 Å². The maximum Gasteiger partial charge on any atom is 0.143 e. The monoisotopic (exact) mass is 307 g/mol. The van der Waals surface area contributed by atoms with E-state index in [0.717, 1.165) is 29.1 Å². The van der Waals surface area contributed by atoms with Crippen molar-refractivity contribution in [1.82, 2.24) is 5.32 Å². The lowest BCUT2D eigenvalue weighted by Crippen LogP contribution is -2.38. The third-order valence-corrected chi connectivity index (χ3v) is 4.71. The highest BCUT2D eigenvalue weighted by molar-refractivity contribution is 5.87. The Morgan fingerprint density at radius 1 is 1.22 bits per heavy atom. The van der Waals surface area contributed by atoms with Gasteiger partial charge in [-0.2, -0.15) is 5.26 Å². The first-order valence-corrected chi connectivity index (χ1v) is 7.91. The molecule has 0 radical (unpaired) electrons. The van der Waals surface area contributed by atoms with Crippen LogP contribution >= 0.6 is 0 Å². The summed E-state index contributed by atoms with van der Waals surface area (Å²) in [5, 5.41) is 12.9. The molecule has 1 aliphatic carbocycles. The minimum Gasteiger partial charge on any atom is -0.378 e. The molecular formula is C19H21N3O. The van der Waals surface area contributed by atoms with Gasteiger partial charge in [0.1, 0.15) is 5.78 Å². The van der Waals surface area contributed by atoms with Crippen LogP contribution in [0.1, 0.15) is 31.2 Å². The highest BCUT2D eigenvalue weighted by atomic mass is 16.1. The molecule has 2 atom stereocenters. The smallest absolute Gasteiger partial charge is 0.143 e. The molecule has 3 rings (SSSR count). The van der Waals surface area contributed by atoms with E-state index in [4.69, 9.17) is 0 Å². The van der Waals surface area contributed by atoms with Gasteiger partial charge in [0.25, 0.3) is 0 Å². The summed E-state index contributed by atoms with van der Waals surface area (Å²) in [5.41, 5.74) is 4.61. The van der Waals surface area contributed by atoms with Crippen molar-refractivity contribution in [3.63, 3.8) is 0 Å². The van der Waals surface area contributed by atoms with E-state index in [1.165, 1.54) is 0 Å². The minimum absolute atomic E-state index is 0.184. The average molecular weight is 307 g/mol. The molecule has 4 nitrogen and oxygen atoms in total. The number of nitrogens with one attached hydrogen (secondary N) is 1. The first-order valence-electron chi connectivity index (χ1n) is 7.91. The molecule has 0 bridgehead atoms. The molecule has 1 aromatic rings. The normalized spacial score (nSPS) is 23.6. The highest BCUT2D eigenvalue weighted by Gasteiger charge is 2.40. The second kappa shape index (κ2) is 5.92. The van der Waals surface area contributed by atoms with Crippen LogP contribution in [0.3, 0.4) is 0 Å². The Kier molecular flexibility index (Phi) is 3.96. The molecule has 23 heavy (non-hydrogen) atoms. The zero-order valence-electron chi connectivity index (χ0n) is 13.8. The number of allylic oxidation sites excluding steroid dienone is 4. The number of rotatable bonds is 2. The number of nitrogens with zero attached hydrogens (tertiary/aromatic N) is 2. The molecule has 1 aromatic carbocycles. The molecular weight excluding hydrogens is 286 g/mol. The number of hydrogen-bond acceptors (Lipinski definition) is 4. The summed E-state index contributed by atoms with van der Waals surface area (Å²) < 4.78 is 0. The summed E-state index contributed by atoms with van der Waals surface area (Å²) in [6, 6.07) is 10.5. The van der Waals surface area contributed by atoms with Crippen molar-refractivity contribution >= 4 is 11.5 Å². The fourth-order valence-corrected chi connectivity index (χ4v) is 3.50. The summed E-state index contributed by atoms with van der Waals surface area (Å²) in [5.74, 6) is -0.222. The third-order valence-electron chi connectivity index (χ3n) is 4.71. The maximum absolute atomic E-state index is 12.5. The fourth-order valence-electron chi connectivity index (χ4n) is 3.50. The number of carbonyl (C=O) groups is 1. The molecule has 0 fully saturated rings. The topological polar surface area (TPSA) is 56.1 Å². The molecule has 2 unspecified atom stereocenters. The van der Waals surface area contributed by atoms with Crippen molar-refractivity contribution in [2.45, 2.75) is 25.7 Å². The van der Waals surface area contributed by atoms with Gasteiger partial charge < -0.3 is 10.2 Å². The Labute approximate surface area is 137 Å². The summed E-state index contributed by atoms with van der Waals surface area (Å²) in [7, 11) is 3.99. The molecule has 0 spiro atoms. The number of ketones is 1. The molecule has 0 saturated heterocycles. The number of benzene rings is 1. The SMILES string of the molecule is CC1=C(C#N)C(c2ccc(N(C)C)cc2)C2C(=O)CCC=C2N1. The molecule has 0 aromatic heterocycles. The number of Topliss-reactive ketones (excluding diaryl/α,β-unsaturated/α-hetero) is 1. The van der Waals surface area contributed by atoms with Gasteiger partial charge in [0.15, 0.2) is 0 Å². The van der Waals surface area contributed by atoms with Gasteiger partial charge in [-0.1, -0.05) is 18.2 Å². The van der Waals surface area contributed by atoms with E-state index in [2.05, 4.69) is 17.5 Å². The Hall–Kier alpha value is -2.54. The lowest BCUT2D eigenvalue weighted by molar-refractivity contribution is -0.122. The van der Waals surface area contributed by atoms with Crippen LogP contribution in [0.15, 0.2) is 47.3 Å². The molecule has 2 aliphatic rings. The van der Waals surface area contributed by atoms with Crippen molar-refractivity contribution in [3.8, 4) is 6.07 Å². The zero-order valence-corrected chi connectivity index (χ0v) is 13.8. The van der Waals surface area contributed by atoms with Crippen LogP contribution in [0.25, 0.3) is 0 Å². The predicted octanol–water partition coefficient (Wildman–Crippen LogP) is 3.10. The van der Waals surface area contributed by atoms with Crippen molar-refractivity contribution < 1.29 is 4.79 Å². The first-order chi connectivity index (χ1) is 11.0. The number of nitriles is 1. The predicted molar refractivity (Wildman–Crippen MR) is 90.8 cm³/mol. The Morgan fingerprint density at radius 3 is 2.52 bits per heavy atom. The van der Waals surface area contributed by atoms with Crippen LogP contribution in [0.2, 0.25) is 0 Å². The molecule has 1 aliphatic heterocycles.